The van der Waals surface area contributed by atoms with Crippen molar-refractivity contribution >= 4 is 5.91 Å². The van der Waals surface area contributed by atoms with Gasteiger partial charge in [0.15, 0.2) is 0 Å². The minimum Gasteiger partial charge on any atom is -0.512 e. The van der Waals surface area contributed by atoms with Gasteiger partial charge in [0.25, 0.3) is 0 Å². The van der Waals surface area contributed by atoms with E-state index in [0.717, 1.165) is 12.8 Å². The molecule has 0 aromatic rings. The van der Waals surface area contributed by atoms with E-state index in [1.54, 1.807) is 0 Å². The lowest BCUT2D eigenvalue weighted by Gasteiger charge is -2.08. The Balaban J connectivity index is 2.30. The molecule has 0 bridgehead atoms. The SMILES string of the molecule is CC(O)=CC(=O)NC1CCCC1. The normalized spacial score (nSPS) is 19.6. The molecule has 0 saturated heterocycles. The molecule has 3 nitrogen and oxygen atoms in total. The molecule has 0 heterocycles. The van der Waals surface area contributed by atoms with E-state index in [2.05, 4.69) is 5.32 Å². The van der Waals surface area contributed by atoms with E-state index in [9.17, 15) is 4.79 Å². The van der Waals surface area contributed by atoms with Gasteiger partial charge in [0, 0.05) is 12.1 Å². The van der Waals surface area contributed by atoms with Crippen molar-refractivity contribution in [2.45, 2.75) is 38.6 Å². The fourth-order valence-electron chi connectivity index (χ4n) is 1.50. The Bertz CT molecular complexity index is 189. The zero-order valence-corrected chi connectivity index (χ0v) is 7.34. The summed E-state index contributed by atoms with van der Waals surface area (Å²) in [5, 5.41) is 11.6. The van der Waals surface area contributed by atoms with Gasteiger partial charge >= 0.3 is 0 Å². The molecule has 1 fully saturated rings. The van der Waals surface area contributed by atoms with E-state index in [1.807, 2.05) is 0 Å². The molecule has 0 aliphatic heterocycles. The quantitative estimate of drug-likeness (QED) is 0.486. The van der Waals surface area contributed by atoms with Crippen LogP contribution in [0.15, 0.2) is 11.8 Å². The molecule has 0 spiro atoms. The number of hydrogen-bond donors (Lipinski definition) is 2. The predicted octanol–water partition coefficient (Wildman–Crippen LogP) is 1.51. The highest BCUT2D eigenvalue weighted by molar-refractivity contribution is 5.88. The van der Waals surface area contributed by atoms with Crippen LogP contribution >= 0.6 is 0 Å². The molecule has 1 aliphatic carbocycles. The Hall–Kier alpha value is -0.990. The van der Waals surface area contributed by atoms with Gasteiger partial charge in [-0.05, 0) is 19.8 Å². The zero-order valence-electron chi connectivity index (χ0n) is 7.34. The number of aliphatic hydroxyl groups is 1. The maximum absolute atomic E-state index is 11.1. The van der Waals surface area contributed by atoms with Crippen molar-refractivity contribution < 1.29 is 9.90 Å². The number of carbonyl (C=O) groups is 1. The lowest BCUT2D eigenvalue weighted by molar-refractivity contribution is -0.117. The number of nitrogens with one attached hydrogen (secondary N) is 1. The van der Waals surface area contributed by atoms with E-state index in [-0.39, 0.29) is 11.7 Å². The fourth-order valence-corrected chi connectivity index (χ4v) is 1.50. The third-order valence-corrected chi connectivity index (χ3v) is 2.04. The number of rotatable bonds is 2. The van der Waals surface area contributed by atoms with Gasteiger partial charge in [-0.1, -0.05) is 12.8 Å². The van der Waals surface area contributed by atoms with Gasteiger partial charge in [0.2, 0.25) is 5.91 Å². The Morgan fingerprint density at radius 1 is 1.50 bits per heavy atom. The van der Waals surface area contributed by atoms with Gasteiger partial charge in [-0.15, -0.1) is 0 Å². The lowest BCUT2D eigenvalue weighted by Crippen LogP contribution is -2.31. The average Bonchev–Trinajstić information content (AvgIpc) is 2.37. The van der Waals surface area contributed by atoms with Crippen LogP contribution in [0.2, 0.25) is 0 Å². The second-order valence-corrected chi connectivity index (χ2v) is 3.28. The Morgan fingerprint density at radius 2 is 2.08 bits per heavy atom. The Labute approximate surface area is 72.5 Å². The van der Waals surface area contributed by atoms with Crippen LogP contribution in [0.1, 0.15) is 32.6 Å². The molecule has 1 saturated carbocycles. The predicted molar refractivity (Wildman–Crippen MR) is 46.8 cm³/mol. The van der Waals surface area contributed by atoms with Crippen molar-refractivity contribution in [3.63, 3.8) is 0 Å². The standard InChI is InChI=1S/C9H15NO2/c1-7(11)6-9(12)10-8-4-2-3-5-8/h6,8,11H,2-5H2,1H3,(H,10,12). The highest BCUT2D eigenvalue weighted by Crippen LogP contribution is 2.17. The summed E-state index contributed by atoms with van der Waals surface area (Å²) >= 11 is 0. The van der Waals surface area contributed by atoms with Crippen LogP contribution in [0.5, 0.6) is 0 Å². The first-order valence-electron chi connectivity index (χ1n) is 4.36. The van der Waals surface area contributed by atoms with E-state index in [4.69, 9.17) is 5.11 Å². The first-order valence-corrected chi connectivity index (χ1v) is 4.36. The maximum Gasteiger partial charge on any atom is 0.247 e. The average molecular weight is 169 g/mol. The van der Waals surface area contributed by atoms with Gasteiger partial charge in [0.05, 0.1) is 5.76 Å². The largest absolute Gasteiger partial charge is 0.512 e. The third kappa shape index (κ3) is 2.95. The lowest BCUT2D eigenvalue weighted by atomic mass is 10.2. The molecule has 12 heavy (non-hydrogen) atoms. The van der Waals surface area contributed by atoms with Crippen LogP contribution in [0, 0.1) is 0 Å². The molecular formula is C9H15NO2. The molecule has 1 rings (SSSR count). The highest BCUT2D eigenvalue weighted by Gasteiger charge is 2.15. The summed E-state index contributed by atoms with van der Waals surface area (Å²) in [6, 6.07) is 0.327. The smallest absolute Gasteiger partial charge is 0.247 e. The number of hydrogen-bond acceptors (Lipinski definition) is 2. The Morgan fingerprint density at radius 3 is 2.58 bits per heavy atom. The van der Waals surface area contributed by atoms with Gasteiger partial charge in [-0.2, -0.15) is 0 Å². The summed E-state index contributed by atoms with van der Waals surface area (Å²) in [6.07, 6.45) is 5.77. The van der Waals surface area contributed by atoms with Crippen molar-refractivity contribution in [1.29, 1.82) is 0 Å². The summed E-state index contributed by atoms with van der Waals surface area (Å²) in [6.45, 7) is 1.49. The molecule has 0 unspecified atom stereocenters. The van der Waals surface area contributed by atoms with E-state index in [0.29, 0.717) is 6.04 Å². The summed E-state index contributed by atoms with van der Waals surface area (Å²) < 4.78 is 0. The molecule has 0 radical (unpaired) electrons. The molecular weight excluding hydrogens is 154 g/mol. The van der Waals surface area contributed by atoms with E-state index >= 15 is 0 Å². The van der Waals surface area contributed by atoms with Crippen molar-refractivity contribution in [3.05, 3.63) is 11.8 Å². The third-order valence-electron chi connectivity index (χ3n) is 2.04. The van der Waals surface area contributed by atoms with Crippen LogP contribution in [0.3, 0.4) is 0 Å². The van der Waals surface area contributed by atoms with Gasteiger partial charge in [-0.25, -0.2) is 0 Å². The molecule has 3 heteroatoms. The van der Waals surface area contributed by atoms with Crippen molar-refractivity contribution in [2.24, 2.45) is 0 Å². The first kappa shape index (κ1) is 9.10. The van der Waals surface area contributed by atoms with Gasteiger partial charge in [-0.3, -0.25) is 4.79 Å². The monoisotopic (exact) mass is 169 g/mol. The Kier molecular flexibility index (Phi) is 3.14. The first-order chi connectivity index (χ1) is 5.68. The fraction of sp³-hybridized carbons (Fsp3) is 0.667. The minimum atomic E-state index is -0.179. The topological polar surface area (TPSA) is 49.3 Å². The van der Waals surface area contributed by atoms with Crippen molar-refractivity contribution in [3.8, 4) is 0 Å². The summed E-state index contributed by atoms with van der Waals surface area (Å²) in [5.74, 6) is -0.118. The van der Waals surface area contributed by atoms with E-state index in [1.165, 1.54) is 25.8 Å². The maximum atomic E-state index is 11.1. The van der Waals surface area contributed by atoms with Crippen LogP contribution in [-0.4, -0.2) is 17.1 Å². The molecule has 0 aromatic carbocycles. The van der Waals surface area contributed by atoms with Gasteiger partial charge in [0.1, 0.15) is 0 Å². The summed E-state index contributed by atoms with van der Waals surface area (Å²) in [7, 11) is 0. The van der Waals surface area contributed by atoms with Crippen LogP contribution < -0.4 is 5.32 Å². The molecule has 68 valence electrons. The second kappa shape index (κ2) is 4.14. The van der Waals surface area contributed by atoms with Crippen molar-refractivity contribution in [2.75, 3.05) is 0 Å². The highest BCUT2D eigenvalue weighted by atomic mass is 16.3. The van der Waals surface area contributed by atoms with Crippen LogP contribution in [0.4, 0.5) is 0 Å². The van der Waals surface area contributed by atoms with Crippen LogP contribution in [0.25, 0.3) is 0 Å². The number of carbonyl (C=O) groups excluding carboxylic acids is 1. The number of aliphatic hydroxyl groups excluding tert-OH is 1. The minimum absolute atomic E-state index is 0.0606. The molecule has 0 aromatic heterocycles. The van der Waals surface area contributed by atoms with Crippen molar-refractivity contribution in [1.82, 2.24) is 5.32 Å². The number of amides is 1. The summed E-state index contributed by atoms with van der Waals surface area (Å²) in [4.78, 5) is 11.1. The van der Waals surface area contributed by atoms with Gasteiger partial charge < -0.3 is 10.4 Å². The summed E-state index contributed by atoms with van der Waals surface area (Å²) in [5.41, 5.74) is 0. The molecule has 1 aliphatic rings. The number of allylic oxidation sites excluding steroid dienone is 1. The van der Waals surface area contributed by atoms with E-state index < -0.39 is 0 Å². The molecule has 0 atom stereocenters. The molecule has 1 amide bonds. The van der Waals surface area contributed by atoms with Crippen LogP contribution in [-0.2, 0) is 4.79 Å². The zero-order chi connectivity index (χ0) is 8.97. The second-order valence-electron chi connectivity index (χ2n) is 3.28. The molecule has 2 N–H and O–H groups in total.